The minimum atomic E-state index is 0.829. The third-order valence-electron chi connectivity index (χ3n) is 4.26. The van der Waals surface area contributed by atoms with Crippen molar-refractivity contribution in [2.24, 2.45) is 0 Å². The molecule has 0 amide bonds. The van der Waals surface area contributed by atoms with Crippen molar-refractivity contribution < 1.29 is 0 Å². The first-order valence-electron chi connectivity index (χ1n) is 8.40. The molecule has 3 aromatic carbocycles. The summed E-state index contributed by atoms with van der Waals surface area (Å²) in [5.74, 6) is 0. The third-order valence-corrected chi connectivity index (χ3v) is 6.55. The number of hydrogen-bond acceptors (Lipinski definition) is 1. The van der Waals surface area contributed by atoms with Gasteiger partial charge in [-0.3, -0.25) is 0 Å². The van der Waals surface area contributed by atoms with E-state index in [9.17, 15) is 0 Å². The second-order valence-corrected chi connectivity index (χ2v) is 8.36. The topological polar surface area (TPSA) is 3.24 Å². The largest absolute Gasteiger partial charge is 0.311 e. The highest BCUT2D eigenvalue weighted by Crippen LogP contribution is 2.34. The summed E-state index contributed by atoms with van der Waals surface area (Å²) in [6.45, 7) is 4.44. The normalized spacial score (nSPS) is 11.6. The molecule has 0 radical (unpaired) electrons. The number of benzene rings is 3. The summed E-state index contributed by atoms with van der Waals surface area (Å²) in [7, 11) is 4.45. The van der Waals surface area contributed by atoms with Gasteiger partial charge in [0.15, 0.2) is 0 Å². The fourth-order valence-electron chi connectivity index (χ4n) is 2.78. The highest BCUT2D eigenvalue weighted by molar-refractivity contribution is 7.46. The van der Waals surface area contributed by atoms with Crippen molar-refractivity contribution in [1.82, 2.24) is 0 Å². The molecule has 3 unspecified atom stereocenters. The van der Waals surface area contributed by atoms with E-state index in [4.69, 9.17) is 0 Å². The van der Waals surface area contributed by atoms with E-state index in [0.29, 0.717) is 0 Å². The lowest BCUT2D eigenvalue weighted by Gasteiger charge is -2.26. The Balaban J connectivity index is 2.04. The van der Waals surface area contributed by atoms with Gasteiger partial charge in [0.25, 0.3) is 0 Å². The van der Waals surface area contributed by atoms with Crippen molar-refractivity contribution in [3.63, 3.8) is 0 Å². The van der Waals surface area contributed by atoms with Crippen molar-refractivity contribution >= 4 is 54.1 Å². The molecule has 0 aromatic heterocycles. The lowest BCUT2D eigenvalue weighted by atomic mass is 10.1. The Morgan fingerprint density at radius 3 is 1.32 bits per heavy atom. The Bertz CT molecular complexity index is 683. The van der Waals surface area contributed by atoms with E-state index in [2.05, 4.69) is 100 Å². The van der Waals surface area contributed by atoms with Crippen LogP contribution in [0.2, 0.25) is 0 Å². The molecule has 0 aliphatic carbocycles. The van der Waals surface area contributed by atoms with E-state index in [1.165, 1.54) is 33.2 Å². The van der Waals surface area contributed by atoms with Crippen molar-refractivity contribution in [2.45, 2.75) is 6.16 Å². The van der Waals surface area contributed by atoms with Crippen LogP contribution in [0, 0.1) is 0 Å². The summed E-state index contributed by atoms with van der Waals surface area (Å²) < 4.78 is 0. The van der Waals surface area contributed by atoms with Gasteiger partial charge in [0.2, 0.25) is 0 Å². The van der Waals surface area contributed by atoms with Gasteiger partial charge < -0.3 is 4.90 Å². The van der Waals surface area contributed by atoms with E-state index in [0.717, 1.165) is 23.3 Å². The van der Waals surface area contributed by atoms with E-state index in [1.54, 1.807) is 0 Å². The van der Waals surface area contributed by atoms with Gasteiger partial charge in [0, 0.05) is 17.1 Å². The summed E-state index contributed by atoms with van der Waals surface area (Å²) in [5.41, 5.74) is 4.93. The zero-order valence-corrected chi connectivity index (χ0v) is 17.8. The molecule has 0 fully saturated rings. The van der Waals surface area contributed by atoms with Crippen LogP contribution in [0.4, 0.5) is 17.1 Å². The van der Waals surface area contributed by atoms with Crippen molar-refractivity contribution in [1.29, 1.82) is 0 Å². The zero-order valence-electron chi connectivity index (χ0n) is 14.7. The van der Waals surface area contributed by atoms with Crippen LogP contribution in [0.3, 0.4) is 0 Å². The minimum Gasteiger partial charge on any atom is -0.311 e. The van der Waals surface area contributed by atoms with Crippen molar-refractivity contribution in [3.05, 3.63) is 78.4 Å². The summed E-state index contributed by atoms with van der Waals surface area (Å²) in [5, 5.41) is 2.79. The van der Waals surface area contributed by atoms with Gasteiger partial charge in [-0.2, -0.15) is 0 Å². The molecule has 3 atom stereocenters. The van der Waals surface area contributed by atoms with Crippen LogP contribution in [0.1, 0.15) is 5.56 Å². The molecule has 0 aliphatic heterocycles. The second-order valence-electron chi connectivity index (χ2n) is 5.80. The quantitative estimate of drug-likeness (QED) is 0.515. The maximum absolute atomic E-state index is 2.79. The van der Waals surface area contributed by atoms with Crippen LogP contribution in [-0.2, 0) is 6.16 Å². The van der Waals surface area contributed by atoms with E-state index in [-0.39, 0.29) is 0 Å². The van der Waals surface area contributed by atoms with Crippen molar-refractivity contribution in [3.8, 4) is 0 Å². The lowest BCUT2D eigenvalue weighted by molar-refractivity contribution is 1.27. The third kappa shape index (κ3) is 4.48. The maximum Gasteiger partial charge on any atom is 0.0462 e. The van der Waals surface area contributed by atoms with Gasteiger partial charge in [-0.25, -0.2) is 0 Å². The van der Waals surface area contributed by atoms with E-state index < -0.39 is 0 Å². The van der Waals surface area contributed by atoms with Crippen LogP contribution in [0.5, 0.6) is 0 Å². The van der Waals surface area contributed by atoms with Gasteiger partial charge in [0.1, 0.15) is 0 Å². The molecule has 0 bridgehead atoms. The maximum atomic E-state index is 2.79. The number of rotatable bonds is 6. The predicted molar refractivity (Wildman–Crippen MR) is 122 cm³/mol. The van der Waals surface area contributed by atoms with Crippen LogP contribution < -0.4 is 15.5 Å². The zero-order chi connectivity index (χ0) is 17.6. The SMILES string of the molecule is CPc1ccc(N(c2ccc(CP)cc2)c2ccc(PC)cc2)cc1. The van der Waals surface area contributed by atoms with Gasteiger partial charge in [-0.1, -0.05) is 53.6 Å². The number of anilines is 3. The minimum absolute atomic E-state index is 0.829. The molecule has 0 saturated carbocycles. The fraction of sp³-hybridized carbons (Fsp3) is 0.143. The molecule has 0 N–H and O–H groups in total. The molecule has 0 spiro atoms. The molecule has 0 saturated heterocycles. The molecule has 0 heterocycles. The molecule has 128 valence electrons. The first kappa shape index (κ1) is 18.5. The summed E-state index contributed by atoms with van der Waals surface area (Å²) >= 11 is 0. The number of nitrogens with zero attached hydrogens (tertiary/aromatic N) is 1. The monoisotopic (exact) mass is 383 g/mol. The highest BCUT2D eigenvalue weighted by atomic mass is 31.1. The molecule has 4 heteroatoms. The average Bonchev–Trinajstić information content (AvgIpc) is 2.70. The Morgan fingerprint density at radius 2 is 1.00 bits per heavy atom. The average molecular weight is 383 g/mol. The second kappa shape index (κ2) is 8.91. The van der Waals surface area contributed by atoms with E-state index >= 15 is 0 Å². The van der Waals surface area contributed by atoms with Crippen LogP contribution in [-0.4, -0.2) is 13.3 Å². The molecular weight excluding hydrogens is 359 g/mol. The molecule has 3 aromatic rings. The Hall–Kier alpha value is -1.25. The van der Waals surface area contributed by atoms with Crippen LogP contribution in [0.15, 0.2) is 72.8 Å². The van der Waals surface area contributed by atoms with Gasteiger partial charge in [-0.15, -0.1) is 9.24 Å². The van der Waals surface area contributed by atoms with E-state index in [1.807, 2.05) is 0 Å². The Labute approximate surface area is 157 Å². The molecule has 3 rings (SSSR count). The molecule has 0 aliphatic rings. The Kier molecular flexibility index (Phi) is 6.61. The fourth-order valence-corrected chi connectivity index (χ4v) is 4.05. The first-order valence-corrected chi connectivity index (χ1v) is 12.2. The first-order chi connectivity index (χ1) is 12.2. The standard InChI is InChI=1S/C21H24NP3/c1-24-20-11-7-18(8-12-20)22(17-5-3-16(15-23)4-6-17)19-9-13-21(25-2)14-10-19/h3-14,24-25H,15,23H2,1-2H3. The summed E-state index contributed by atoms with van der Waals surface area (Å²) in [4.78, 5) is 2.33. The Morgan fingerprint density at radius 1 is 0.640 bits per heavy atom. The van der Waals surface area contributed by atoms with Crippen molar-refractivity contribution in [2.75, 3.05) is 18.2 Å². The molecule has 25 heavy (non-hydrogen) atoms. The van der Waals surface area contributed by atoms with Gasteiger partial charge in [0.05, 0.1) is 0 Å². The molecule has 1 nitrogen and oxygen atoms in total. The smallest absolute Gasteiger partial charge is 0.0462 e. The highest BCUT2D eigenvalue weighted by Gasteiger charge is 2.12. The van der Waals surface area contributed by atoms with Crippen LogP contribution in [0.25, 0.3) is 0 Å². The lowest BCUT2D eigenvalue weighted by Crippen LogP contribution is -2.11. The predicted octanol–water partition coefficient (Wildman–Crippen LogP) is 5.40. The summed E-state index contributed by atoms with van der Waals surface area (Å²) in [6, 6.07) is 26.7. The summed E-state index contributed by atoms with van der Waals surface area (Å²) in [6.07, 6.45) is 0.985. The van der Waals surface area contributed by atoms with Gasteiger partial charge in [-0.05, 0) is 72.1 Å². The van der Waals surface area contributed by atoms with Crippen LogP contribution >= 0.6 is 26.4 Å². The van der Waals surface area contributed by atoms with Gasteiger partial charge >= 0.3 is 0 Å². The number of hydrogen-bond donors (Lipinski definition) is 0. The molecular formula is C21H24NP3.